The van der Waals surface area contributed by atoms with Gasteiger partial charge in [0.1, 0.15) is 11.9 Å². The number of nitrogens with one attached hydrogen (secondary N) is 1. The summed E-state index contributed by atoms with van der Waals surface area (Å²) in [6, 6.07) is 12.6. The zero-order valence-electron chi connectivity index (χ0n) is 15.9. The van der Waals surface area contributed by atoms with Gasteiger partial charge >= 0.3 is 0 Å². The molecule has 0 fully saturated rings. The first-order valence-electron chi connectivity index (χ1n) is 9.45. The molecule has 136 valence electrons. The summed E-state index contributed by atoms with van der Waals surface area (Å²) in [5.41, 5.74) is 4.52. The molecule has 0 atom stereocenters. The Bertz CT molecular complexity index is 806. The topological polar surface area (TPSA) is 57.9 Å². The van der Waals surface area contributed by atoms with E-state index in [2.05, 4.69) is 44.3 Å². The quantitative estimate of drug-likeness (QED) is 0.739. The Hall–Kier alpha value is -2.38. The zero-order valence-corrected chi connectivity index (χ0v) is 15.9. The van der Waals surface area contributed by atoms with Crippen LogP contribution in [-0.2, 0) is 17.8 Å². The van der Waals surface area contributed by atoms with Crippen molar-refractivity contribution in [2.45, 2.75) is 58.7 Å². The third-order valence-corrected chi connectivity index (χ3v) is 4.85. The summed E-state index contributed by atoms with van der Waals surface area (Å²) in [6.45, 7) is 7.67. The molecule has 0 bridgehead atoms. The number of unbranched alkanes of at least 4 members (excludes halogenated alkanes) is 2. The molecular formula is C22H27N3O. The molecule has 1 aromatic heterocycles. The molecule has 0 unspecified atom stereocenters. The molecule has 0 saturated carbocycles. The number of anilines is 1. The smallest absolute Gasteiger partial charge is 0.144 e. The minimum Gasteiger partial charge on any atom is -0.370 e. The number of hydrogen-bond donors (Lipinski definition) is 1. The Labute approximate surface area is 156 Å². The van der Waals surface area contributed by atoms with Crippen LogP contribution in [0.3, 0.4) is 0 Å². The molecule has 0 aliphatic carbocycles. The van der Waals surface area contributed by atoms with E-state index in [1.165, 1.54) is 12.8 Å². The van der Waals surface area contributed by atoms with Crippen LogP contribution in [0.25, 0.3) is 11.3 Å². The molecule has 0 amide bonds. The van der Waals surface area contributed by atoms with Crippen molar-refractivity contribution in [3.63, 3.8) is 0 Å². The fourth-order valence-electron chi connectivity index (χ4n) is 3.43. The lowest BCUT2D eigenvalue weighted by Gasteiger charge is -2.33. The number of rotatable bonds is 6. The van der Waals surface area contributed by atoms with Crippen molar-refractivity contribution in [3.8, 4) is 17.3 Å². The average molecular weight is 349 g/mol. The van der Waals surface area contributed by atoms with E-state index in [1.54, 1.807) is 0 Å². The molecular weight excluding hydrogens is 322 g/mol. The predicted molar refractivity (Wildman–Crippen MR) is 105 cm³/mol. The highest BCUT2D eigenvalue weighted by Gasteiger charge is 2.32. The van der Waals surface area contributed by atoms with Crippen LogP contribution in [0.2, 0.25) is 0 Å². The molecule has 0 saturated heterocycles. The Morgan fingerprint density at radius 3 is 2.65 bits per heavy atom. The minimum atomic E-state index is -0.270. The van der Waals surface area contributed by atoms with Crippen molar-refractivity contribution in [2.24, 2.45) is 0 Å². The van der Waals surface area contributed by atoms with Crippen LogP contribution in [0, 0.1) is 11.3 Å². The fourth-order valence-corrected chi connectivity index (χ4v) is 3.43. The van der Waals surface area contributed by atoms with E-state index < -0.39 is 0 Å². The van der Waals surface area contributed by atoms with Gasteiger partial charge in [-0.3, -0.25) is 0 Å². The maximum absolute atomic E-state index is 9.84. The number of pyridine rings is 1. The van der Waals surface area contributed by atoms with Crippen LogP contribution in [0.15, 0.2) is 30.3 Å². The first kappa shape index (κ1) is 18.4. The van der Waals surface area contributed by atoms with Gasteiger partial charge < -0.3 is 10.1 Å². The molecule has 4 heteroatoms. The second-order valence-electron chi connectivity index (χ2n) is 7.48. The summed E-state index contributed by atoms with van der Waals surface area (Å²) in [4.78, 5) is 4.86. The number of hydrogen-bond acceptors (Lipinski definition) is 4. The van der Waals surface area contributed by atoms with Gasteiger partial charge in [-0.25, -0.2) is 4.98 Å². The van der Waals surface area contributed by atoms with Crippen LogP contribution < -0.4 is 5.32 Å². The molecule has 4 nitrogen and oxygen atoms in total. The summed E-state index contributed by atoms with van der Waals surface area (Å²) < 4.78 is 6.04. The van der Waals surface area contributed by atoms with Crippen molar-refractivity contribution >= 4 is 5.82 Å². The van der Waals surface area contributed by atoms with Gasteiger partial charge in [-0.15, -0.1) is 0 Å². The fraction of sp³-hybridized carbons (Fsp3) is 0.455. The van der Waals surface area contributed by atoms with Crippen molar-refractivity contribution in [1.82, 2.24) is 4.98 Å². The second-order valence-corrected chi connectivity index (χ2v) is 7.48. The second kappa shape index (κ2) is 7.88. The van der Waals surface area contributed by atoms with Gasteiger partial charge in [0, 0.05) is 24.1 Å². The van der Waals surface area contributed by atoms with E-state index in [0.717, 1.165) is 41.8 Å². The summed E-state index contributed by atoms with van der Waals surface area (Å²) >= 11 is 0. The summed E-state index contributed by atoms with van der Waals surface area (Å²) in [6.07, 6.45) is 4.14. The maximum Gasteiger partial charge on any atom is 0.144 e. The van der Waals surface area contributed by atoms with E-state index >= 15 is 0 Å². The van der Waals surface area contributed by atoms with Crippen LogP contribution >= 0.6 is 0 Å². The SMILES string of the molecule is CCCCCNc1nc(-c2ccccc2)c2c(c1C#N)CC(C)(C)OC2. The van der Waals surface area contributed by atoms with Gasteiger partial charge in [-0.05, 0) is 25.8 Å². The molecule has 0 spiro atoms. The molecule has 2 heterocycles. The van der Waals surface area contributed by atoms with Gasteiger partial charge in [-0.1, -0.05) is 50.1 Å². The average Bonchev–Trinajstić information content (AvgIpc) is 2.64. The molecule has 3 rings (SSSR count). The van der Waals surface area contributed by atoms with Gasteiger partial charge in [0.2, 0.25) is 0 Å². The molecule has 2 aromatic rings. The minimum absolute atomic E-state index is 0.270. The van der Waals surface area contributed by atoms with E-state index in [4.69, 9.17) is 9.72 Å². The Morgan fingerprint density at radius 2 is 1.96 bits per heavy atom. The van der Waals surface area contributed by atoms with E-state index in [9.17, 15) is 5.26 Å². The number of ether oxygens (including phenoxy) is 1. The van der Waals surface area contributed by atoms with Crippen molar-refractivity contribution in [1.29, 1.82) is 5.26 Å². The molecule has 1 aromatic carbocycles. The van der Waals surface area contributed by atoms with Gasteiger partial charge in [0.15, 0.2) is 0 Å². The number of nitrogens with zero attached hydrogens (tertiary/aromatic N) is 2. The molecule has 1 aliphatic rings. The van der Waals surface area contributed by atoms with Crippen LogP contribution in [-0.4, -0.2) is 17.1 Å². The van der Waals surface area contributed by atoms with E-state index in [-0.39, 0.29) is 5.60 Å². The first-order valence-corrected chi connectivity index (χ1v) is 9.45. The first-order chi connectivity index (χ1) is 12.6. The van der Waals surface area contributed by atoms with Crippen LogP contribution in [0.5, 0.6) is 0 Å². The highest BCUT2D eigenvalue weighted by molar-refractivity contribution is 5.72. The summed E-state index contributed by atoms with van der Waals surface area (Å²) in [5, 5.41) is 13.3. The summed E-state index contributed by atoms with van der Waals surface area (Å²) in [7, 11) is 0. The highest BCUT2D eigenvalue weighted by Crippen LogP contribution is 2.37. The van der Waals surface area contributed by atoms with Crippen LogP contribution in [0.1, 0.15) is 56.7 Å². The van der Waals surface area contributed by atoms with Crippen molar-refractivity contribution < 1.29 is 4.74 Å². The number of fused-ring (bicyclic) bond motifs is 1. The largest absolute Gasteiger partial charge is 0.370 e. The van der Waals surface area contributed by atoms with E-state index in [0.29, 0.717) is 18.0 Å². The Morgan fingerprint density at radius 1 is 1.19 bits per heavy atom. The standard InChI is InChI=1S/C22H27N3O/c1-4-5-9-12-24-21-18(14-23)17-13-22(2,3)26-15-19(17)20(25-21)16-10-7-6-8-11-16/h6-8,10-11H,4-5,9,12-13,15H2,1-3H3,(H,24,25). The highest BCUT2D eigenvalue weighted by atomic mass is 16.5. The zero-order chi connectivity index (χ0) is 18.6. The van der Waals surface area contributed by atoms with Gasteiger partial charge in [0.05, 0.1) is 23.5 Å². The lowest BCUT2D eigenvalue weighted by molar-refractivity contribution is -0.0400. The third-order valence-electron chi connectivity index (χ3n) is 4.85. The third kappa shape index (κ3) is 3.89. The molecule has 0 radical (unpaired) electrons. The number of benzene rings is 1. The molecule has 1 N–H and O–H groups in total. The molecule has 26 heavy (non-hydrogen) atoms. The van der Waals surface area contributed by atoms with Crippen molar-refractivity contribution in [2.75, 3.05) is 11.9 Å². The molecule has 1 aliphatic heterocycles. The van der Waals surface area contributed by atoms with E-state index in [1.807, 2.05) is 18.2 Å². The Balaban J connectivity index is 2.08. The normalized spacial score (nSPS) is 15.2. The lowest BCUT2D eigenvalue weighted by Crippen LogP contribution is -2.33. The maximum atomic E-state index is 9.84. The number of aromatic nitrogens is 1. The van der Waals surface area contributed by atoms with Crippen LogP contribution in [0.4, 0.5) is 5.82 Å². The Kier molecular flexibility index (Phi) is 5.58. The predicted octanol–water partition coefficient (Wildman–Crippen LogP) is 5.07. The monoisotopic (exact) mass is 349 g/mol. The van der Waals surface area contributed by atoms with Crippen molar-refractivity contribution in [3.05, 3.63) is 47.0 Å². The number of nitriles is 1. The lowest BCUT2D eigenvalue weighted by atomic mass is 9.87. The van der Waals surface area contributed by atoms with Gasteiger partial charge in [0.25, 0.3) is 0 Å². The van der Waals surface area contributed by atoms with Gasteiger partial charge in [-0.2, -0.15) is 5.26 Å². The summed E-state index contributed by atoms with van der Waals surface area (Å²) in [5.74, 6) is 0.707.